The number of benzene rings is 1. The molecule has 1 aliphatic heterocycles. The Hall–Kier alpha value is -2.89. The van der Waals surface area contributed by atoms with Crippen LogP contribution in [0.15, 0.2) is 48.8 Å². The first kappa shape index (κ1) is 17.9. The van der Waals surface area contributed by atoms with Gasteiger partial charge in [0.2, 0.25) is 5.91 Å². The van der Waals surface area contributed by atoms with E-state index in [1.54, 1.807) is 17.3 Å². The number of nitrogens with one attached hydrogen (secondary N) is 2. The van der Waals surface area contributed by atoms with Gasteiger partial charge in [-0.25, -0.2) is 4.79 Å². The lowest BCUT2D eigenvalue weighted by atomic mass is 10.0. The van der Waals surface area contributed by atoms with Crippen LogP contribution < -0.4 is 10.6 Å². The Bertz CT molecular complexity index is 763. The molecule has 0 saturated carbocycles. The zero-order valence-corrected chi connectivity index (χ0v) is 14.9. The molecule has 136 valence electrons. The van der Waals surface area contributed by atoms with Crippen molar-refractivity contribution in [1.29, 1.82) is 0 Å². The molecule has 26 heavy (non-hydrogen) atoms. The molecule has 1 unspecified atom stereocenters. The van der Waals surface area contributed by atoms with Crippen molar-refractivity contribution in [2.24, 2.45) is 5.92 Å². The number of aryl methyl sites for hydroxylation is 1. The molecule has 1 aromatic heterocycles. The third-order valence-electron chi connectivity index (χ3n) is 4.56. The van der Waals surface area contributed by atoms with E-state index in [4.69, 9.17) is 0 Å². The van der Waals surface area contributed by atoms with E-state index in [-0.39, 0.29) is 17.9 Å². The van der Waals surface area contributed by atoms with Crippen molar-refractivity contribution in [2.75, 3.05) is 18.4 Å². The highest BCUT2D eigenvalue weighted by Crippen LogP contribution is 2.21. The van der Waals surface area contributed by atoms with Crippen molar-refractivity contribution in [1.82, 2.24) is 15.2 Å². The van der Waals surface area contributed by atoms with Crippen LogP contribution in [0, 0.1) is 12.8 Å². The Balaban J connectivity index is 1.43. The number of rotatable bonds is 5. The molecule has 0 spiro atoms. The van der Waals surface area contributed by atoms with E-state index in [2.05, 4.69) is 15.6 Å². The van der Waals surface area contributed by atoms with Crippen LogP contribution in [0.4, 0.5) is 10.5 Å². The molecule has 6 nitrogen and oxygen atoms in total. The fraction of sp³-hybridized carbons (Fsp3) is 0.350. The maximum atomic E-state index is 12.4. The summed E-state index contributed by atoms with van der Waals surface area (Å²) < 4.78 is 0. The number of aromatic nitrogens is 1. The minimum atomic E-state index is -0.102. The SMILES string of the molecule is Cc1cccc(NC(=O)N2CCC(CC(=O)NCc3ccncc3)C2)c1. The van der Waals surface area contributed by atoms with E-state index in [1.165, 1.54) is 0 Å². The highest BCUT2D eigenvalue weighted by atomic mass is 16.2. The molecule has 0 aliphatic carbocycles. The standard InChI is InChI=1S/C20H24N4O2/c1-15-3-2-4-18(11-15)23-20(26)24-10-7-17(14-24)12-19(25)22-13-16-5-8-21-9-6-16/h2-6,8-9,11,17H,7,10,12-14H2,1H3,(H,22,25)(H,23,26). The zero-order chi connectivity index (χ0) is 18.4. The van der Waals surface area contributed by atoms with Crippen LogP contribution in [0.3, 0.4) is 0 Å². The zero-order valence-electron chi connectivity index (χ0n) is 14.9. The quantitative estimate of drug-likeness (QED) is 0.869. The summed E-state index contributed by atoms with van der Waals surface area (Å²) >= 11 is 0. The molecule has 1 aromatic carbocycles. The van der Waals surface area contributed by atoms with E-state index >= 15 is 0 Å². The fourth-order valence-corrected chi connectivity index (χ4v) is 3.14. The van der Waals surface area contributed by atoms with E-state index in [9.17, 15) is 9.59 Å². The molecule has 1 fully saturated rings. The van der Waals surface area contributed by atoms with Crippen LogP contribution in [0.5, 0.6) is 0 Å². The van der Waals surface area contributed by atoms with Crippen LogP contribution in [-0.2, 0) is 11.3 Å². The van der Waals surface area contributed by atoms with Gasteiger partial charge in [-0.05, 0) is 54.7 Å². The monoisotopic (exact) mass is 352 g/mol. The van der Waals surface area contributed by atoms with Gasteiger partial charge in [0.25, 0.3) is 0 Å². The van der Waals surface area contributed by atoms with Crippen molar-refractivity contribution in [3.63, 3.8) is 0 Å². The van der Waals surface area contributed by atoms with Crippen molar-refractivity contribution in [3.05, 3.63) is 59.9 Å². The molecule has 2 aromatic rings. The summed E-state index contributed by atoms with van der Waals surface area (Å²) in [7, 11) is 0. The smallest absolute Gasteiger partial charge is 0.321 e. The molecule has 0 radical (unpaired) electrons. The average Bonchev–Trinajstić information content (AvgIpc) is 3.09. The number of carbonyl (C=O) groups excluding carboxylic acids is 2. The van der Waals surface area contributed by atoms with E-state index < -0.39 is 0 Å². The third-order valence-corrected chi connectivity index (χ3v) is 4.56. The van der Waals surface area contributed by atoms with Gasteiger partial charge < -0.3 is 15.5 Å². The molecule has 2 N–H and O–H groups in total. The van der Waals surface area contributed by atoms with Gasteiger partial charge in [0.15, 0.2) is 0 Å². The number of hydrogen-bond donors (Lipinski definition) is 2. The van der Waals surface area contributed by atoms with Gasteiger partial charge >= 0.3 is 6.03 Å². The number of pyridine rings is 1. The van der Waals surface area contributed by atoms with Crippen LogP contribution >= 0.6 is 0 Å². The van der Waals surface area contributed by atoms with Crippen molar-refractivity contribution >= 4 is 17.6 Å². The molecule has 3 rings (SSSR count). The highest BCUT2D eigenvalue weighted by molar-refractivity contribution is 5.89. The number of likely N-dealkylation sites (tertiary alicyclic amines) is 1. The summed E-state index contributed by atoms with van der Waals surface area (Å²) in [6.45, 7) is 3.79. The topological polar surface area (TPSA) is 74.3 Å². The van der Waals surface area contributed by atoms with Gasteiger partial charge in [-0.2, -0.15) is 0 Å². The first-order chi connectivity index (χ1) is 12.6. The van der Waals surface area contributed by atoms with Crippen molar-refractivity contribution in [3.8, 4) is 0 Å². The van der Waals surface area contributed by atoms with Gasteiger partial charge in [0.05, 0.1) is 0 Å². The Kier molecular flexibility index (Phi) is 5.84. The number of anilines is 1. The lowest BCUT2D eigenvalue weighted by Crippen LogP contribution is -2.33. The first-order valence-corrected chi connectivity index (χ1v) is 8.88. The summed E-state index contributed by atoms with van der Waals surface area (Å²) in [5.74, 6) is 0.225. The number of hydrogen-bond acceptors (Lipinski definition) is 3. The summed E-state index contributed by atoms with van der Waals surface area (Å²) in [5.41, 5.74) is 2.93. The second-order valence-corrected chi connectivity index (χ2v) is 6.74. The van der Waals surface area contributed by atoms with E-state index in [0.717, 1.165) is 23.2 Å². The fourth-order valence-electron chi connectivity index (χ4n) is 3.14. The minimum absolute atomic E-state index is 0.0211. The lowest BCUT2D eigenvalue weighted by Gasteiger charge is -2.17. The number of urea groups is 1. The molecular formula is C20H24N4O2. The third kappa shape index (κ3) is 5.05. The average molecular weight is 352 g/mol. The van der Waals surface area contributed by atoms with Gasteiger partial charge in [0, 0.05) is 44.1 Å². The van der Waals surface area contributed by atoms with Crippen LogP contribution in [0.25, 0.3) is 0 Å². The summed E-state index contributed by atoms with van der Waals surface area (Å²) in [4.78, 5) is 30.2. The number of amides is 3. The van der Waals surface area contributed by atoms with Gasteiger partial charge in [-0.15, -0.1) is 0 Å². The normalized spacial score (nSPS) is 16.3. The second-order valence-electron chi connectivity index (χ2n) is 6.74. The van der Waals surface area contributed by atoms with Crippen molar-refractivity contribution < 1.29 is 9.59 Å². The Labute approximate surface area is 153 Å². The van der Waals surface area contributed by atoms with Crippen LogP contribution in [0.2, 0.25) is 0 Å². The Morgan fingerprint density at radius 1 is 1.23 bits per heavy atom. The highest BCUT2D eigenvalue weighted by Gasteiger charge is 2.27. The number of carbonyl (C=O) groups is 2. The van der Waals surface area contributed by atoms with Crippen LogP contribution in [0.1, 0.15) is 24.0 Å². The van der Waals surface area contributed by atoms with Crippen molar-refractivity contribution in [2.45, 2.75) is 26.3 Å². The molecule has 0 bridgehead atoms. The lowest BCUT2D eigenvalue weighted by molar-refractivity contribution is -0.122. The van der Waals surface area contributed by atoms with Gasteiger partial charge in [0.1, 0.15) is 0 Å². The predicted octanol–water partition coefficient (Wildman–Crippen LogP) is 2.95. The Morgan fingerprint density at radius 2 is 2.04 bits per heavy atom. The Morgan fingerprint density at radius 3 is 2.81 bits per heavy atom. The molecule has 1 atom stereocenters. The molecule has 1 aliphatic rings. The molecule has 3 amide bonds. The molecule has 2 heterocycles. The predicted molar refractivity (Wildman–Crippen MR) is 101 cm³/mol. The first-order valence-electron chi connectivity index (χ1n) is 8.88. The second kappa shape index (κ2) is 8.47. The molecule has 6 heteroatoms. The summed E-state index contributed by atoms with van der Waals surface area (Å²) in [6.07, 6.45) is 4.72. The molecule has 1 saturated heterocycles. The van der Waals surface area contributed by atoms with E-state index in [0.29, 0.717) is 26.1 Å². The van der Waals surface area contributed by atoms with E-state index in [1.807, 2.05) is 43.3 Å². The van der Waals surface area contributed by atoms with Crippen LogP contribution in [-0.4, -0.2) is 34.9 Å². The summed E-state index contributed by atoms with van der Waals surface area (Å²) in [6, 6.07) is 11.4. The maximum absolute atomic E-state index is 12.4. The van der Waals surface area contributed by atoms with Gasteiger partial charge in [-0.3, -0.25) is 9.78 Å². The summed E-state index contributed by atoms with van der Waals surface area (Å²) in [5, 5.41) is 5.86. The maximum Gasteiger partial charge on any atom is 0.321 e. The van der Waals surface area contributed by atoms with Gasteiger partial charge in [-0.1, -0.05) is 12.1 Å². The number of nitrogens with zero attached hydrogens (tertiary/aromatic N) is 2. The molecular weight excluding hydrogens is 328 g/mol. The largest absolute Gasteiger partial charge is 0.352 e. The minimum Gasteiger partial charge on any atom is -0.352 e.